The second-order valence-electron chi connectivity index (χ2n) is 5.58. The van der Waals surface area contributed by atoms with Crippen molar-refractivity contribution in [1.29, 1.82) is 0 Å². The lowest BCUT2D eigenvalue weighted by molar-refractivity contribution is 0.237. The van der Waals surface area contributed by atoms with Crippen LogP contribution in [0, 0.1) is 17.7 Å². The van der Waals surface area contributed by atoms with E-state index in [1.165, 1.54) is 26.4 Å². The maximum atomic E-state index is 14.2. The fourth-order valence-electron chi connectivity index (χ4n) is 3.15. The van der Waals surface area contributed by atoms with Gasteiger partial charge in [0.15, 0.2) is 11.6 Å². The van der Waals surface area contributed by atoms with Gasteiger partial charge < -0.3 is 10.5 Å². The van der Waals surface area contributed by atoms with Crippen molar-refractivity contribution in [2.24, 2.45) is 17.6 Å². The summed E-state index contributed by atoms with van der Waals surface area (Å²) in [5, 5.41) is 0. The summed E-state index contributed by atoms with van der Waals surface area (Å²) in [6.45, 7) is 2.24. The summed E-state index contributed by atoms with van der Waals surface area (Å²) < 4.78 is 19.2. The first-order chi connectivity index (χ1) is 9.17. The van der Waals surface area contributed by atoms with Crippen LogP contribution in [0.2, 0.25) is 0 Å². The van der Waals surface area contributed by atoms with Crippen LogP contribution in [0.1, 0.15) is 50.6 Å². The summed E-state index contributed by atoms with van der Waals surface area (Å²) in [7, 11) is 1.49. The molecule has 2 N–H and O–H groups in total. The molecule has 2 nitrogen and oxygen atoms in total. The monoisotopic (exact) mass is 265 g/mol. The van der Waals surface area contributed by atoms with Gasteiger partial charge in [-0.1, -0.05) is 38.3 Å². The van der Waals surface area contributed by atoms with Gasteiger partial charge in [-0.2, -0.15) is 0 Å². The normalized spacial score (nSPS) is 25.1. The molecule has 0 saturated heterocycles. The molecule has 1 aliphatic rings. The molecule has 1 atom stereocenters. The molecule has 3 heteroatoms. The Labute approximate surface area is 115 Å². The molecule has 1 fully saturated rings. The predicted octanol–water partition coefficient (Wildman–Crippen LogP) is 4.05. The summed E-state index contributed by atoms with van der Waals surface area (Å²) in [4.78, 5) is 0. The summed E-state index contributed by atoms with van der Waals surface area (Å²) >= 11 is 0. The molecule has 106 valence electrons. The third-order valence-electron chi connectivity index (χ3n) is 4.55. The van der Waals surface area contributed by atoms with Gasteiger partial charge in [0.25, 0.3) is 0 Å². The fraction of sp³-hybridized carbons (Fsp3) is 0.625. The van der Waals surface area contributed by atoms with Gasteiger partial charge >= 0.3 is 0 Å². The zero-order chi connectivity index (χ0) is 13.8. The molecule has 1 aromatic carbocycles. The zero-order valence-corrected chi connectivity index (χ0v) is 11.9. The molecule has 19 heavy (non-hydrogen) atoms. The molecule has 2 rings (SSSR count). The molecule has 1 saturated carbocycles. The number of benzene rings is 1. The minimum Gasteiger partial charge on any atom is -0.494 e. The molecular weight excluding hydrogens is 241 g/mol. The fourth-order valence-corrected chi connectivity index (χ4v) is 3.15. The first-order valence-corrected chi connectivity index (χ1v) is 7.25. The summed E-state index contributed by atoms with van der Waals surface area (Å²) in [5.41, 5.74) is 6.88. The van der Waals surface area contributed by atoms with Crippen molar-refractivity contribution < 1.29 is 9.13 Å². The maximum absolute atomic E-state index is 14.2. The van der Waals surface area contributed by atoms with Gasteiger partial charge in [-0.15, -0.1) is 0 Å². The van der Waals surface area contributed by atoms with E-state index in [9.17, 15) is 4.39 Å². The first kappa shape index (κ1) is 14.3. The van der Waals surface area contributed by atoms with Gasteiger partial charge in [0, 0.05) is 11.6 Å². The van der Waals surface area contributed by atoms with Gasteiger partial charge in [0.05, 0.1) is 7.11 Å². The SMILES string of the molecule is CCC1CCC(C(N)c2cccc(OC)c2F)CC1. The van der Waals surface area contributed by atoms with Crippen LogP contribution in [0.15, 0.2) is 18.2 Å². The van der Waals surface area contributed by atoms with Gasteiger partial charge in [-0.25, -0.2) is 4.39 Å². The Balaban J connectivity index is 2.10. The van der Waals surface area contributed by atoms with E-state index in [0.717, 1.165) is 18.8 Å². The third kappa shape index (κ3) is 3.08. The Bertz CT molecular complexity index is 413. The average Bonchev–Trinajstić information content (AvgIpc) is 2.47. The number of ether oxygens (including phenoxy) is 1. The van der Waals surface area contributed by atoms with E-state index in [4.69, 9.17) is 10.5 Å². The number of methoxy groups -OCH3 is 1. The molecule has 0 amide bonds. The van der Waals surface area contributed by atoms with E-state index in [2.05, 4.69) is 6.92 Å². The maximum Gasteiger partial charge on any atom is 0.169 e. The van der Waals surface area contributed by atoms with E-state index in [0.29, 0.717) is 11.5 Å². The highest BCUT2D eigenvalue weighted by molar-refractivity contribution is 5.33. The molecule has 0 aromatic heterocycles. The number of rotatable bonds is 4. The van der Waals surface area contributed by atoms with Gasteiger partial charge in [-0.05, 0) is 30.7 Å². The number of hydrogen-bond acceptors (Lipinski definition) is 2. The van der Waals surface area contributed by atoms with Crippen LogP contribution in [0.4, 0.5) is 4.39 Å². The lowest BCUT2D eigenvalue weighted by Gasteiger charge is -2.32. The van der Waals surface area contributed by atoms with E-state index < -0.39 is 0 Å². The van der Waals surface area contributed by atoms with Crippen molar-refractivity contribution in [1.82, 2.24) is 0 Å². The Hall–Kier alpha value is -1.09. The molecule has 0 spiro atoms. The van der Waals surface area contributed by atoms with Crippen LogP contribution >= 0.6 is 0 Å². The highest BCUT2D eigenvalue weighted by Gasteiger charge is 2.27. The molecule has 0 aliphatic heterocycles. The zero-order valence-electron chi connectivity index (χ0n) is 11.9. The van der Waals surface area contributed by atoms with Crippen molar-refractivity contribution in [2.75, 3.05) is 7.11 Å². The van der Waals surface area contributed by atoms with E-state index in [1.54, 1.807) is 12.1 Å². The molecule has 0 radical (unpaired) electrons. The van der Waals surface area contributed by atoms with Crippen molar-refractivity contribution >= 4 is 0 Å². The Morgan fingerprint density at radius 2 is 2.00 bits per heavy atom. The van der Waals surface area contributed by atoms with Gasteiger partial charge in [-0.3, -0.25) is 0 Å². The van der Waals surface area contributed by atoms with E-state index in [-0.39, 0.29) is 17.6 Å². The minimum atomic E-state index is -0.296. The average molecular weight is 265 g/mol. The van der Waals surface area contributed by atoms with Crippen LogP contribution in [0.3, 0.4) is 0 Å². The topological polar surface area (TPSA) is 35.2 Å². The molecular formula is C16H24FNO. The standard InChI is InChI=1S/C16H24FNO/c1-3-11-7-9-12(10-8-11)16(18)13-5-4-6-14(19-2)15(13)17/h4-6,11-12,16H,3,7-10,18H2,1-2H3. The number of nitrogens with two attached hydrogens (primary N) is 1. The lowest BCUT2D eigenvalue weighted by atomic mass is 9.76. The smallest absolute Gasteiger partial charge is 0.169 e. The first-order valence-electron chi connectivity index (χ1n) is 7.25. The van der Waals surface area contributed by atoms with Gasteiger partial charge in [0.2, 0.25) is 0 Å². The van der Waals surface area contributed by atoms with Gasteiger partial charge in [0.1, 0.15) is 0 Å². The number of hydrogen-bond donors (Lipinski definition) is 1. The molecule has 0 bridgehead atoms. The third-order valence-corrected chi connectivity index (χ3v) is 4.55. The Morgan fingerprint density at radius 3 is 2.58 bits per heavy atom. The highest BCUT2D eigenvalue weighted by Crippen LogP contribution is 2.38. The van der Waals surface area contributed by atoms with Crippen molar-refractivity contribution in [3.63, 3.8) is 0 Å². The molecule has 1 aliphatic carbocycles. The second-order valence-corrected chi connectivity index (χ2v) is 5.58. The second kappa shape index (κ2) is 6.38. The Kier molecular flexibility index (Phi) is 4.81. The summed E-state index contributed by atoms with van der Waals surface area (Å²) in [5.74, 6) is 1.22. The predicted molar refractivity (Wildman–Crippen MR) is 75.6 cm³/mol. The number of halogens is 1. The highest BCUT2D eigenvalue weighted by atomic mass is 19.1. The molecule has 1 unspecified atom stereocenters. The van der Waals surface area contributed by atoms with Crippen molar-refractivity contribution in [3.8, 4) is 5.75 Å². The quantitative estimate of drug-likeness (QED) is 0.891. The largest absolute Gasteiger partial charge is 0.494 e. The summed E-state index contributed by atoms with van der Waals surface area (Å²) in [6, 6.07) is 5.02. The lowest BCUT2D eigenvalue weighted by Crippen LogP contribution is -2.26. The van der Waals surface area contributed by atoms with Crippen LogP contribution in [-0.4, -0.2) is 7.11 Å². The van der Waals surface area contributed by atoms with Crippen molar-refractivity contribution in [2.45, 2.75) is 45.1 Å². The minimum absolute atomic E-state index is 0.215. The van der Waals surface area contributed by atoms with Crippen LogP contribution in [-0.2, 0) is 0 Å². The molecule has 1 aromatic rings. The Morgan fingerprint density at radius 1 is 1.32 bits per heavy atom. The van der Waals surface area contributed by atoms with Crippen LogP contribution in [0.25, 0.3) is 0 Å². The van der Waals surface area contributed by atoms with Crippen molar-refractivity contribution in [3.05, 3.63) is 29.6 Å². The van der Waals surface area contributed by atoms with E-state index >= 15 is 0 Å². The van der Waals surface area contributed by atoms with E-state index in [1.807, 2.05) is 6.07 Å². The van der Waals surface area contributed by atoms with Crippen LogP contribution < -0.4 is 10.5 Å². The molecule has 0 heterocycles. The van der Waals surface area contributed by atoms with Crippen LogP contribution in [0.5, 0.6) is 5.75 Å². The summed E-state index contributed by atoms with van der Waals surface area (Å²) in [6.07, 6.45) is 5.91.